The van der Waals surface area contributed by atoms with Crippen molar-refractivity contribution in [2.45, 2.75) is 63.1 Å². The molecule has 0 spiro atoms. The molecular formula is C19H24N2O3. The summed E-state index contributed by atoms with van der Waals surface area (Å²) in [7, 11) is 0. The molecule has 5 heteroatoms. The van der Waals surface area contributed by atoms with Gasteiger partial charge in [-0.05, 0) is 56.7 Å². The van der Waals surface area contributed by atoms with E-state index >= 15 is 0 Å². The predicted octanol–water partition coefficient (Wildman–Crippen LogP) is 2.33. The van der Waals surface area contributed by atoms with E-state index in [1.54, 1.807) is 4.90 Å². The van der Waals surface area contributed by atoms with E-state index in [2.05, 4.69) is 0 Å². The Morgan fingerprint density at radius 3 is 2.54 bits per heavy atom. The number of aliphatic hydroxyl groups is 1. The molecule has 24 heavy (non-hydrogen) atoms. The minimum Gasteiger partial charge on any atom is -0.393 e. The fourth-order valence-electron chi connectivity index (χ4n) is 4.56. The van der Waals surface area contributed by atoms with Crippen molar-refractivity contribution in [3.63, 3.8) is 0 Å². The van der Waals surface area contributed by atoms with Gasteiger partial charge in [-0.2, -0.15) is 0 Å². The number of hydrogen-bond acceptors (Lipinski definition) is 3. The lowest BCUT2D eigenvalue weighted by molar-refractivity contribution is -0.117. The number of piperidine rings is 2. The summed E-state index contributed by atoms with van der Waals surface area (Å²) in [5.41, 5.74) is 1.48. The number of rotatable bonds is 2. The molecule has 4 rings (SSSR count). The Bertz CT molecular complexity index is 646. The van der Waals surface area contributed by atoms with Gasteiger partial charge >= 0.3 is 0 Å². The van der Waals surface area contributed by atoms with E-state index in [1.165, 1.54) is 0 Å². The first-order valence-electron chi connectivity index (χ1n) is 9.04. The minimum absolute atomic E-state index is 0.0464. The summed E-state index contributed by atoms with van der Waals surface area (Å²) in [5, 5.41) is 10.0. The van der Waals surface area contributed by atoms with Gasteiger partial charge in [0.15, 0.2) is 0 Å². The highest BCUT2D eigenvalue weighted by molar-refractivity contribution is 5.99. The van der Waals surface area contributed by atoms with Gasteiger partial charge in [0.1, 0.15) is 0 Å². The molecule has 0 radical (unpaired) electrons. The average Bonchev–Trinajstić information content (AvgIpc) is 2.99. The fourth-order valence-corrected chi connectivity index (χ4v) is 4.56. The van der Waals surface area contributed by atoms with Crippen molar-refractivity contribution in [2.24, 2.45) is 0 Å². The van der Waals surface area contributed by atoms with E-state index in [4.69, 9.17) is 0 Å². The third-order valence-corrected chi connectivity index (χ3v) is 5.66. The summed E-state index contributed by atoms with van der Waals surface area (Å²) < 4.78 is 0. The van der Waals surface area contributed by atoms with Gasteiger partial charge in [0.25, 0.3) is 5.91 Å². The molecule has 2 amide bonds. The summed E-state index contributed by atoms with van der Waals surface area (Å²) in [6.07, 6.45) is 5.65. The SMILES string of the molecule is O=C1CCCN1c1cccc(C(=O)N2[C@@H]3CCC[C@H]2CC(O)C3)c1. The number of aliphatic hydroxyl groups excluding tert-OH is 1. The second-order valence-electron chi connectivity index (χ2n) is 7.28. The lowest BCUT2D eigenvalue weighted by atomic mass is 9.82. The molecule has 1 aromatic rings. The minimum atomic E-state index is -0.280. The maximum Gasteiger partial charge on any atom is 0.254 e. The fraction of sp³-hybridized carbons (Fsp3) is 0.579. The van der Waals surface area contributed by atoms with Crippen molar-refractivity contribution in [1.29, 1.82) is 0 Å². The van der Waals surface area contributed by atoms with Crippen LogP contribution in [-0.2, 0) is 4.79 Å². The maximum atomic E-state index is 13.1. The standard InChI is InChI=1S/C19H24N2O3/c22-17-11-15-6-2-7-16(12-17)21(15)19(24)13-4-1-5-14(10-13)20-9-3-8-18(20)23/h1,4-5,10,15-17,22H,2-3,6-9,11-12H2/t15-,16+,17?. The Kier molecular flexibility index (Phi) is 4.04. The molecule has 3 fully saturated rings. The van der Waals surface area contributed by atoms with Crippen molar-refractivity contribution in [3.8, 4) is 0 Å². The number of fused-ring (bicyclic) bond motifs is 2. The number of nitrogens with zero attached hydrogens (tertiary/aromatic N) is 2. The Balaban J connectivity index is 1.59. The van der Waals surface area contributed by atoms with E-state index in [0.717, 1.165) is 37.9 Å². The summed E-state index contributed by atoms with van der Waals surface area (Å²) >= 11 is 0. The topological polar surface area (TPSA) is 60.9 Å². The van der Waals surface area contributed by atoms with Crippen molar-refractivity contribution in [3.05, 3.63) is 29.8 Å². The van der Waals surface area contributed by atoms with Crippen molar-refractivity contribution in [2.75, 3.05) is 11.4 Å². The predicted molar refractivity (Wildman–Crippen MR) is 90.9 cm³/mol. The van der Waals surface area contributed by atoms with E-state index in [-0.39, 0.29) is 30.0 Å². The molecule has 0 aromatic heterocycles. The summed E-state index contributed by atoms with van der Waals surface area (Å²) in [6, 6.07) is 7.76. The second kappa shape index (κ2) is 6.20. The monoisotopic (exact) mass is 328 g/mol. The van der Waals surface area contributed by atoms with E-state index < -0.39 is 0 Å². The Hall–Kier alpha value is -1.88. The van der Waals surface area contributed by atoms with Crippen LogP contribution in [0.5, 0.6) is 0 Å². The van der Waals surface area contributed by atoms with Gasteiger partial charge in [-0.15, -0.1) is 0 Å². The third kappa shape index (κ3) is 2.71. The molecule has 5 nitrogen and oxygen atoms in total. The van der Waals surface area contributed by atoms with Crippen LogP contribution in [0.1, 0.15) is 55.3 Å². The zero-order valence-corrected chi connectivity index (χ0v) is 13.9. The summed E-state index contributed by atoms with van der Waals surface area (Å²) in [5.74, 6) is 0.183. The Labute approximate surface area is 142 Å². The van der Waals surface area contributed by atoms with Crippen molar-refractivity contribution >= 4 is 17.5 Å². The molecule has 3 heterocycles. The van der Waals surface area contributed by atoms with Crippen LogP contribution in [0, 0.1) is 0 Å². The lowest BCUT2D eigenvalue weighted by Crippen LogP contribution is -2.55. The second-order valence-corrected chi connectivity index (χ2v) is 7.28. The molecule has 1 N–H and O–H groups in total. The Morgan fingerprint density at radius 2 is 1.88 bits per heavy atom. The number of anilines is 1. The summed E-state index contributed by atoms with van der Waals surface area (Å²) in [4.78, 5) is 28.8. The van der Waals surface area contributed by atoms with Gasteiger partial charge in [0.2, 0.25) is 5.91 Å². The van der Waals surface area contributed by atoms with Crippen LogP contribution in [0.4, 0.5) is 5.69 Å². The van der Waals surface area contributed by atoms with Crippen LogP contribution < -0.4 is 4.90 Å². The highest BCUT2D eigenvalue weighted by Gasteiger charge is 2.40. The first kappa shape index (κ1) is 15.6. The van der Waals surface area contributed by atoms with Gasteiger partial charge in [0, 0.05) is 36.3 Å². The normalized spacial score (nSPS) is 29.9. The molecule has 3 aliphatic heterocycles. The van der Waals surface area contributed by atoms with Crippen LogP contribution in [0.2, 0.25) is 0 Å². The van der Waals surface area contributed by atoms with E-state index in [0.29, 0.717) is 24.8 Å². The van der Waals surface area contributed by atoms with Crippen molar-refractivity contribution in [1.82, 2.24) is 4.90 Å². The quantitative estimate of drug-likeness (QED) is 0.906. The smallest absolute Gasteiger partial charge is 0.254 e. The van der Waals surface area contributed by atoms with Gasteiger partial charge < -0.3 is 14.9 Å². The zero-order valence-electron chi connectivity index (χ0n) is 13.9. The van der Waals surface area contributed by atoms with Gasteiger partial charge in [-0.25, -0.2) is 0 Å². The molecule has 2 bridgehead atoms. The first-order chi connectivity index (χ1) is 11.6. The molecule has 128 valence electrons. The third-order valence-electron chi connectivity index (χ3n) is 5.66. The number of benzene rings is 1. The van der Waals surface area contributed by atoms with Gasteiger partial charge in [0.05, 0.1) is 6.10 Å². The van der Waals surface area contributed by atoms with Crippen LogP contribution in [0.25, 0.3) is 0 Å². The van der Waals surface area contributed by atoms with Crippen LogP contribution >= 0.6 is 0 Å². The number of carbonyl (C=O) groups excluding carboxylic acids is 2. The number of amides is 2. The highest BCUT2D eigenvalue weighted by Crippen LogP contribution is 2.35. The van der Waals surface area contributed by atoms with Crippen LogP contribution in [-0.4, -0.2) is 46.6 Å². The van der Waals surface area contributed by atoms with Gasteiger partial charge in [-0.1, -0.05) is 6.07 Å². The molecule has 3 aliphatic rings. The lowest BCUT2D eigenvalue weighted by Gasteiger charge is -2.47. The number of carbonyl (C=O) groups is 2. The van der Waals surface area contributed by atoms with Crippen molar-refractivity contribution < 1.29 is 14.7 Å². The zero-order chi connectivity index (χ0) is 16.7. The van der Waals surface area contributed by atoms with E-state index in [9.17, 15) is 14.7 Å². The molecule has 1 unspecified atom stereocenters. The van der Waals surface area contributed by atoms with Crippen LogP contribution in [0.3, 0.4) is 0 Å². The molecule has 0 saturated carbocycles. The number of hydrogen-bond donors (Lipinski definition) is 1. The molecular weight excluding hydrogens is 304 g/mol. The average molecular weight is 328 g/mol. The van der Waals surface area contributed by atoms with Gasteiger partial charge in [-0.3, -0.25) is 9.59 Å². The summed E-state index contributed by atoms with van der Waals surface area (Å²) in [6.45, 7) is 0.734. The van der Waals surface area contributed by atoms with E-state index in [1.807, 2.05) is 29.2 Å². The molecule has 3 saturated heterocycles. The highest BCUT2D eigenvalue weighted by atomic mass is 16.3. The molecule has 0 aliphatic carbocycles. The molecule has 1 aromatic carbocycles. The molecule has 3 atom stereocenters. The largest absolute Gasteiger partial charge is 0.393 e. The first-order valence-corrected chi connectivity index (χ1v) is 9.04. The van der Waals surface area contributed by atoms with Crippen LogP contribution in [0.15, 0.2) is 24.3 Å². The maximum absolute atomic E-state index is 13.1. The Morgan fingerprint density at radius 1 is 1.12 bits per heavy atom.